The Labute approximate surface area is 295 Å². The van der Waals surface area contributed by atoms with Crippen LogP contribution in [0.5, 0.6) is 0 Å². The number of nitrogens with zero attached hydrogens (tertiary/aromatic N) is 3. The zero-order chi connectivity index (χ0) is 34.4. The minimum Gasteiger partial charge on any atom is -0.456 e. The largest absolute Gasteiger partial charge is 0.456 e. The number of furan rings is 1. The zero-order valence-corrected chi connectivity index (χ0v) is 28.6. The summed E-state index contributed by atoms with van der Waals surface area (Å²) in [6.45, 7) is 6.48. The Morgan fingerprint density at radius 2 is 1.43 bits per heavy atom. The summed E-state index contributed by atoms with van der Waals surface area (Å²) in [5.74, 6) is 0.802. The van der Waals surface area contributed by atoms with Gasteiger partial charge in [-0.25, -0.2) is 9.97 Å². The third-order valence-electron chi connectivity index (χ3n) is 10.6. The Morgan fingerprint density at radius 1 is 0.686 bits per heavy atom. The molecule has 10 rings (SSSR count). The fourth-order valence-electron chi connectivity index (χ4n) is 8.03. The lowest BCUT2D eigenvalue weighted by Gasteiger charge is -2.22. The fraction of sp³-hybridized carbons (Fsp3) is 0.0870. The summed E-state index contributed by atoms with van der Waals surface area (Å²) >= 11 is 0. The maximum absolute atomic E-state index is 6.55. The number of hydrogen-bond acceptors (Lipinski definition) is 4. The van der Waals surface area contributed by atoms with Gasteiger partial charge in [-0.1, -0.05) is 98.8 Å². The molecule has 244 valence electrons. The van der Waals surface area contributed by atoms with Gasteiger partial charge in [-0.2, -0.15) is 0 Å². The van der Waals surface area contributed by atoms with Crippen LogP contribution < -0.4 is 5.73 Å². The number of hydrogen-bond donors (Lipinski definition) is 1. The van der Waals surface area contributed by atoms with E-state index in [1.54, 1.807) is 0 Å². The molecule has 0 saturated carbocycles. The average Bonchev–Trinajstić information content (AvgIpc) is 3.76. The molecular weight excluding hydrogens is 625 g/mol. The number of fused-ring (bicyclic) bond motifs is 10. The molecule has 5 heteroatoms. The Hall–Kier alpha value is -6.46. The van der Waals surface area contributed by atoms with Crippen molar-refractivity contribution < 1.29 is 4.42 Å². The second kappa shape index (κ2) is 10.8. The van der Waals surface area contributed by atoms with E-state index >= 15 is 0 Å². The molecule has 0 fully saturated rings. The van der Waals surface area contributed by atoms with E-state index in [1.807, 2.05) is 37.3 Å². The average molecular weight is 659 g/mol. The lowest BCUT2D eigenvalue weighted by molar-refractivity contribution is 0.633. The van der Waals surface area contributed by atoms with Gasteiger partial charge in [0.1, 0.15) is 16.9 Å². The SMILES string of the molecule is C/C=C\C=C(/N)c1ccc2c(c1)C(C)(C)c1nc(-n3c4ccccc4c4cc5ccccc5cc43)c(-c3ccc4oc5ccccc5c4c3)nc1-2. The van der Waals surface area contributed by atoms with Crippen LogP contribution in [0.25, 0.3) is 88.5 Å². The summed E-state index contributed by atoms with van der Waals surface area (Å²) in [5, 5.41) is 6.89. The number of rotatable bonds is 4. The van der Waals surface area contributed by atoms with Gasteiger partial charge in [-0.15, -0.1) is 0 Å². The van der Waals surface area contributed by atoms with Gasteiger partial charge >= 0.3 is 0 Å². The van der Waals surface area contributed by atoms with E-state index < -0.39 is 5.41 Å². The van der Waals surface area contributed by atoms with Crippen LogP contribution in [0.1, 0.15) is 37.6 Å². The van der Waals surface area contributed by atoms with Crippen LogP contribution in [-0.4, -0.2) is 14.5 Å². The number of benzene rings is 6. The first kappa shape index (κ1) is 29.5. The molecule has 0 aliphatic heterocycles. The lowest BCUT2D eigenvalue weighted by Crippen LogP contribution is -2.19. The van der Waals surface area contributed by atoms with Crippen LogP contribution in [0, 0.1) is 0 Å². The Kier molecular flexibility index (Phi) is 6.22. The lowest BCUT2D eigenvalue weighted by atomic mass is 9.84. The van der Waals surface area contributed by atoms with E-state index in [4.69, 9.17) is 20.1 Å². The maximum atomic E-state index is 6.55. The van der Waals surface area contributed by atoms with Crippen LogP contribution >= 0.6 is 0 Å². The predicted molar refractivity (Wildman–Crippen MR) is 211 cm³/mol. The van der Waals surface area contributed by atoms with Crippen LogP contribution in [-0.2, 0) is 5.41 Å². The Morgan fingerprint density at radius 3 is 2.27 bits per heavy atom. The van der Waals surface area contributed by atoms with Gasteiger partial charge in [0.25, 0.3) is 0 Å². The summed E-state index contributed by atoms with van der Waals surface area (Å²) < 4.78 is 8.56. The number of aromatic nitrogens is 3. The van der Waals surface area contributed by atoms with Gasteiger partial charge in [-0.05, 0) is 83.4 Å². The predicted octanol–water partition coefficient (Wildman–Crippen LogP) is 11.5. The van der Waals surface area contributed by atoms with Gasteiger partial charge < -0.3 is 10.2 Å². The van der Waals surface area contributed by atoms with Gasteiger partial charge in [0.2, 0.25) is 0 Å². The van der Waals surface area contributed by atoms with Crippen molar-refractivity contribution in [1.82, 2.24) is 14.5 Å². The molecule has 0 bridgehead atoms. The van der Waals surface area contributed by atoms with Crippen molar-refractivity contribution in [3.05, 3.63) is 156 Å². The van der Waals surface area contributed by atoms with E-state index in [1.165, 1.54) is 27.1 Å². The highest BCUT2D eigenvalue weighted by Crippen LogP contribution is 2.49. The smallest absolute Gasteiger partial charge is 0.164 e. The van der Waals surface area contributed by atoms with Crippen molar-refractivity contribution in [3.63, 3.8) is 0 Å². The highest BCUT2D eigenvalue weighted by Gasteiger charge is 2.40. The van der Waals surface area contributed by atoms with Gasteiger partial charge in [0, 0.05) is 43.8 Å². The van der Waals surface area contributed by atoms with Crippen molar-refractivity contribution >= 4 is 60.2 Å². The van der Waals surface area contributed by atoms with E-state index in [9.17, 15) is 0 Å². The van der Waals surface area contributed by atoms with E-state index in [0.717, 1.165) is 78.3 Å². The van der Waals surface area contributed by atoms with Gasteiger partial charge in [0.15, 0.2) is 5.82 Å². The molecule has 2 N–H and O–H groups in total. The first-order chi connectivity index (χ1) is 24.9. The second-order valence-corrected chi connectivity index (χ2v) is 14.0. The number of para-hydroxylation sites is 2. The normalized spacial score (nSPS) is 14.1. The van der Waals surface area contributed by atoms with Crippen LogP contribution in [0.4, 0.5) is 0 Å². The Balaban J connectivity index is 1.30. The van der Waals surface area contributed by atoms with Gasteiger partial charge in [0.05, 0.1) is 22.4 Å². The highest BCUT2D eigenvalue weighted by molar-refractivity contribution is 6.14. The monoisotopic (exact) mass is 658 g/mol. The van der Waals surface area contributed by atoms with Crippen molar-refractivity contribution in [3.8, 4) is 28.3 Å². The molecule has 1 aliphatic rings. The van der Waals surface area contributed by atoms with Crippen LogP contribution in [0.3, 0.4) is 0 Å². The molecule has 0 radical (unpaired) electrons. The molecule has 0 unspecified atom stereocenters. The van der Waals surface area contributed by atoms with E-state index in [-0.39, 0.29) is 0 Å². The molecule has 3 heterocycles. The topological polar surface area (TPSA) is 69.9 Å². The molecule has 0 atom stereocenters. The zero-order valence-electron chi connectivity index (χ0n) is 28.6. The first-order valence-electron chi connectivity index (χ1n) is 17.4. The van der Waals surface area contributed by atoms with E-state index in [0.29, 0.717) is 0 Å². The highest BCUT2D eigenvalue weighted by atomic mass is 16.3. The van der Waals surface area contributed by atoms with Crippen molar-refractivity contribution in [2.75, 3.05) is 0 Å². The molecule has 3 aromatic heterocycles. The summed E-state index contributed by atoms with van der Waals surface area (Å²) in [6, 6.07) is 42.8. The minimum atomic E-state index is -0.419. The minimum absolute atomic E-state index is 0.419. The molecule has 51 heavy (non-hydrogen) atoms. The van der Waals surface area contributed by atoms with Crippen molar-refractivity contribution in [2.45, 2.75) is 26.2 Å². The molecule has 0 amide bonds. The van der Waals surface area contributed by atoms with Crippen molar-refractivity contribution in [2.24, 2.45) is 5.73 Å². The van der Waals surface area contributed by atoms with Gasteiger partial charge in [-0.3, -0.25) is 4.57 Å². The van der Waals surface area contributed by atoms with Crippen LogP contribution in [0.15, 0.2) is 144 Å². The van der Waals surface area contributed by atoms with E-state index in [2.05, 4.69) is 128 Å². The number of nitrogens with two attached hydrogens (primary N) is 1. The fourth-order valence-corrected chi connectivity index (χ4v) is 8.03. The first-order valence-corrected chi connectivity index (χ1v) is 17.4. The molecule has 6 aromatic carbocycles. The molecule has 5 nitrogen and oxygen atoms in total. The number of allylic oxidation sites excluding steroid dienone is 3. The Bertz CT molecular complexity index is 2970. The van der Waals surface area contributed by atoms with Crippen LogP contribution in [0.2, 0.25) is 0 Å². The summed E-state index contributed by atoms with van der Waals surface area (Å²) in [5.41, 5.74) is 17.6. The molecule has 0 saturated heterocycles. The molecular formula is C46H34N4O. The summed E-state index contributed by atoms with van der Waals surface area (Å²) in [6.07, 6.45) is 5.91. The van der Waals surface area contributed by atoms with Crippen molar-refractivity contribution in [1.29, 1.82) is 0 Å². The molecule has 9 aromatic rings. The molecule has 0 spiro atoms. The maximum Gasteiger partial charge on any atom is 0.164 e. The third kappa shape index (κ3) is 4.28. The quantitative estimate of drug-likeness (QED) is 0.191. The standard InChI is InChI=1S/C46H34N4O/c1-4-5-16-37(47)29-19-21-33-36(25-29)46(2,3)44-43(33)48-42(30-20-22-41-35(24-30)32-15-9-11-18-40(32)51-41)45(49-44)50-38-17-10-8-14-31(38)34-23-27-12-6-7-13-28(27)26-39(34)50/h4-26H,47H2,1-3H3/b5-4-,37-16-. The third-order valence-corrected chi connectivity index (χ3v) is 10.6. The summed E-state index contributed by atoms with van der Waals surface area (Å²) in [4.78, 5) is 11.3. The summed E-state index contributed by atoms with van der Waals surface area (Å²) in [7, 11) is 0. The molecule has 1 aliphatic carbocycles. The second-order valence-electron chi connectivity index (χ2n) is 14.0.